The number of hydrogen-bond acceptors (Lipinski definition) is 1. The molecule has 0 spiro atoms. The maximum absolute atomic E-state index is 12.3. The Kier molecular flexibility index (Phi) is 2.03. The Bertz CT molecular complexity index is 380. The van der Waals surface area contributed by atoms with Crippen molar-refractivity contribution in [1.82, 2.24) is 4.98 Å². The summed E-state index contributed by atoms with van der Waals surface area (Å²) in [6, 6.07) is -0.927. The van der Waals surface area contributed by atoms with E-state index in [9.17, 15) is 13.2 Å². The first-order chi connectivity index (χ1) is 6.25. The molecule has 1 nitrogen and oxygen atoms in total. The van der Waals surface area contributed by atoms with E-state index in [2.05, 4.69) is 36.8 Å². The summed E-state index contributed by atoms with van der Waals surface area (Å²) in [5, 5.41) is 0. The maximum atomic E-state index is 12.3. The lowest BCUT2D eigenvalue weighted by molar-refractivity contribution is -0.141. The molecule has 0 unspecified atom stereocenters. The molecule has 6 heteroatoms. The standard InChI is InChI=1S/C6H2Br2F3N/c7-3-1-2-4(8)12-5(3)6(9,10)11/h1-2H/i1D,2D. The van der Waals surface area contributed by atoms with E-state index in [-0.39, 0.29) is 10.6 Å². The summed E-state index contributed by atoms with van der Waals surface area (Å²) < 4.78 is 50.4. The van der Waals surface area contributed by atoms with Crippen molar-refractivity contribution in [2.75, 3.05) is 0 Å². The fourth-order valence-corrected chi connectivity index (χ4v) is 1.22. The van der Waals surface area contributed by atoms with Gasteiger partial charge in [-0.25, -0.2) is 4.98 Å². The van der Waals surface area contributed by atoms with Crippen LogP contribution in [-0.2, 0) is 6.18 Å². The molecule has 0 fully saturated rings. The molecule has 0 aliphatic carbocycles. The molecular weight excluding hydrogens is 303 g/mol. The van der Waals surface area contributed by atoms with Crippen molar-refractivity contribution in [3.63, 3.8) is 0 Å². The minimum Gasteiger partial charge on any atom is -0.235 e. The minimum absolute atomic E-state index is 0.293. The SMILES string of the molecule is [2H]c1c(Br)nc(C(F)(F)F)c(Br)c1[2H]. The lowest BCUT2D eigenvalue weighted by atomic mass is 10.3. The molecule has 0 amide bonds. The third-order valence-corrected chi connectivity index (χ3v) is 1.91. The Morgan fingerprint density at radius 3 is 2.42 bits per heavy atom. The number of hydrogen-bond donors (Lipinski definition) is 0. The molecule has 0 aliphatic heterocycles. The van der Waals surface area contributed by atoms with E-state index in [0.717, 1.165) is 0 Å². The van der Waals surface area contributed by atoms with Crippen LogP contribution in [0.15, 0.2) is 21.2 Å². The molecule has 0 aliphatic rings. The topological polar surface area (TPSA) is 12.9 Å². The van der Waals surface area contributed by atoms with Crippen LogP contribution in [0.2, 0.25) is 0 Å². The fraction of sp³-hybridized carbons (Fsp3) is 0.167. The zero-order chi connectivity index (χ0) is 11.1. The monoisotopic (exact) mass is 305 g/mol. The molecule has 1 heterocycles. The van der Waals surface area contributed by atoms with Crippen LogP contribution >= 0.6 is 31.9 Å². The van der Waals surface area contributed by atoms with Crippen molar-refractivity contribution in [3.05, 3.63) is 26.9 Å². The first-order valence-corrected chi connectivity index (χ1v) is 4.23. The maximum Gasteiger partial charge on any atom is 0.434 e. The van der Waals surface area contributed by atoms with Gasteiger partial charge in [0, 0.05) is 4.47 Å². The van der Waals surface area contributed by atoms with Gasteiger partial charge in [-0.1, -0.05) is 0 Å². The highest BCUT2D eigenvalue weighted by molar-refractivity contribution is 9.11. The largest absolute Gasteiger partial charge is 0.434 e. The predicted molar refractivity (Wildman–Crippen MR) is 44.6 cm³/mol. The molecule has 1 aromatic rings. The Morgan fingerprint density at radius 2 is 1.92 bits per heavy atom. The van der Waals surface area contributed by atoms with Crippen LogP contribution in [0.5, 0.6) is 0 Å². The van der Waals surface area contributed by atoms with E-state index in [4.69, 9.17) is 2.74 Å². The predicted octanol–water partition coefficient (Wildman–Crippen LogP) is 3.63. The smallest absolute Gasteiger partial charge is 0.235 e. The van der Waals surface area contributed by atoms with Crippen molar-refractivity contribution < 1.29 is 15.9 Å². The third kappa shape index (κ3) is 2.20. The van der Waals surface area contributed by atoms with E-state index in [1.54, 1.807) is 0 Å². The van der Waals surface area contributed by atoms with E-state index in [1.807, 2.05) is 0 Å². The lowest BCUT2D eigenvalue weighted by Gasteiger charge is -2.07. The number of pyridine rings is 1. The zero-order valence-electron chi connectivity index (χ0n) is 7.34. The summed E-state index contributed by atoms with van der Waals surface area (Å²) >= 11 is 5.27. The average Bonchev–Trinajstić information content (AvgIpc) is 2.06. The van der Waals surface area contributed by atoms with Crippen molar-refractivity contribution in [2.45, 2.75) is 6.18 Å². The van der Waals surface area contributed by atoms with Gasteiger partial charge in [0.05, 0.1) is 2.74 Å². The van der Waals surface area contributed by atoms with Crippen LogP contribution in [0, 0.1) is 0 Å². The van der Waals surface area contributed by atoms with Gasteiger partial charge < -0.3 is 0 Å². The summed E-state index contributed by atoms with van der Waals surface area (Å²) in [7, 11) is 0. The summed E-state index contributed by atoms with van der Waals surface area (Å²) in [6.07, 6.45) is -4.63. The van der Waals surface area contributed by atoms with E-state index in [1.165, 1.54) is 0 Å². The molecule has 0 saturated carbocycles. The van der Waals surface area contributed by atoms with Crippen LogP contribution in [0.3, 0.4) is 0 Å². The summed E-state index contributed by atoms with van der Waals surface area (Å²) in [5.74, 6) is 0. The Balaban J connectivity index is 3.49. The summed E-state index contributed by atoms with van der Waals surface area (Å²) in [5.41, 5.74) is -1.20. The van der Waals surface area contributed by atoms with Crippen molar-refractivity contribution in [2.24, 2.45) is 0 Å². The number of nitrogens with zero attached hydrogens (tertiary/aromatic N) is 1. The van der Waals surface area contributed by atoms with Gasteiger partial charge in [0.1, 0.15) is 4.60 Å². The molecular formula is C6H2Br2F3N. The van der Waals surface area contributed by atoms with Crippen molar-refractivity contribution in [3.8, 4) is 0 Å². The molecule has 0 bridgehead atoms. The van der Waals surface area contributed by atoms with Crippen LogP contribution in [-0.4, -0.2) is 4.98 Å². The molecule has 0 radical (unpaired) electrons. The first kappa shape index (κ1) is 7.32. The Hall–Kier alpha value is -0.100. The van der Waals surface area contributed by atoms with Gasteiger partial charge >= 0.3 is 6.18 Å². The first-order valence-electron chi connectivity index (χ1n) is 3.64. The van der Waals surface area contributed by atoms with Gasteiger partial charge in [0.15, 0.2) is 5.69 Å². The van der Waals surface area contributed by atoms with Gasteiger partial charge in [-0.3, -0.25) is 0 Å². The number of alkyl halides is 3. The summed E-state index contributed by atoms with van der Waals surface area (Å²) in [4.78, 5) is 3.14. The normalized spacial score (nSPS) is 14.1. The van der Waals surface area contributed by atoms with Crippen LogP contribution < -0.4 is 0 Å². The number of halogens is 5. The van der Waals surface area contributed by atoms with Gasteiger partial charge in [0.25, 0.3) is 0 Å². The average molecular weight is 307 g/mol. The van der Waals surface area contributed by atoms with Gasteiger partial charge in [-0.15, -0.1) is 0 Å². The van der Waals surface area contributed by atoms with E-state index < -0.39 is 22.4 Å². The minimum atomic E-state index is -4.63. The Morgan fingerprint density at radius 1 is 1.33 bits per heavy atom. The second-order valence-electron chi connectivity index (χ2n) is 1.81. The van der Waals surface area contributed by atoms with Crippen LogP contribution in [0.1, 0.15) is 8.44 Å². The number of aromatic nitrogens is 1. The van der Waals surface area contributed by atoms with Gasteiger partial charge in [0.2, 0.25) is 0 Å². The molecule has 0 saturated heterocycles. The third-order valence-electron chi connectivity index (χ3n) is 0.962. The summed E-state index contributed by atoms with van der Waals surface area (Å²) in [6.45, 7) is 0. The fourth-order valence-electron chi connectivity index (χ4n) is 0.529. The molecule has 66 valence electrons. The van der Waals surface area contributed by atoms with E-state index in [0.29, 0.717) is 0 Å². The molecule has 1 rings (SSSR count). The second-order valence-corrected chi connectivity index (χ2v) is 3.36. The highest BCUT2D eigenvalue weighted by Gasteiger charge is 2.34. The molecule has 0 aromatic carbocycles. The van der Waals surface area contributed by atoms with Gasteiger partial charge in [-0.05, 0) is 43.9 Å². The molecule has 0 atom stereocenters. The van der Waals surface area contributed by atoms with Crippen LogP contribution in [0.4, 0.5) is 13.2 Å². The highest BCUT2D eigenvalue weighted by atomic mass is 79.9. The molecule has 12 heavy (non-hydrogen) atoms. The zero-order valence-corrected chi connectivity index (χ0v) is 8.51. The molecule has 0 N–H and O–H groups in total. The van der Waals surface area contributed by atoms with Crippen molar-refractivity contribution >= 4 is 31.9 Å². The molecule has 1 aromatic heterocycles. The van der Waals surface area contributed by atoms with Gasteiger partial charge in [-0.2, -0.15) is 13.2 Å². The lowest BCUT2D eigenvalue weighted by Crippen LogP contribution is -2.08. The highest BCUT2D eigenvalue weighted by Crippen LogP contribution is 2.33. The second kappa shape index (κ2) is 3.33. The van der Waals surface area contributed by atoms with Crippen molar-refractivity contribution in [1.29, 1.82) is 0 Å². The number of rotatable bonds is 0. The Labute approximate surface area is 86.1 Å². The van der Waals surface area contributed by atoms with Crippen LogP contribution in [0.25, 0.3) is 0 Å². The quantitative estimate of drug-likeness (QED) is 0.667. The van der Waals surface area contributed by atoms with E-state index >= 15 is 0 Å².